The monoisotopic (exact) mass is 438 g/mol. The van der Waals surface area contributed by atoms with Crippen LogP contribution in [0.2, 0.25) is 0 Å². The highest BCUT2D eigenvalue weighted by Gasteiger charge is 2.34. The second-order valence-electron chi connectivity index (χ2n) is 8.36. The Balaban J connectivity index is 1.60. The van der Waals surface area contributed by atoms with Crippen molar-refractivity contribution in [2.24, 2.45) is 5.92 Å². The minimum absolute atomic E-state index is 0.00134. The molecule has 0 aromatic heterocycles. The number of nitrogens with one attached hydrogen (secondary N) is 1. The average molecular weight is 439 g/mol. The highest BCUT2D eigenvalue weighted by Crippen LogP contribution is 2.32. The first-order chi connectivity index (χ1) is 14.5. The Labute approximate surface area is 177 Å². The van der Waals surface area contributed by atoms with E-state index >= 15 is 0 Å². The number of nitro groups is 1. The van der Waals surface area contributed by atoms with Gasteiger partial charge in [0, 0.05) is 50.3 Å². The Kier molecular flexibility index (Phi) is 6.57. The zero-order valence-corrected chi connectivity index (χ0v) is 18.0. The van der Waals surface area contributed by atoms with Crippen LogP contribution >= 0.6 is 0 Å². The van der Waals surface area contributed by atoms with Crippen LogP contribution in [0, 0.1) is 16.0 Å². The SMILES string of the molecule is O=[N+]([O-])c1ccc(NC[C@H]([C@@H]2CCOC2)N2CCCC2)c(S(=O)(=O)N2CCCC2)c1. The molecule has 0 unspecified atom stereocenters. The average Bonchev–Trinajstić information content (AvgIpc) is 3.51. The van der Waals surface area contributed by atoms with Crippen molar-refractivity contribution < 1.29 is 18.1 Å². The Morgan fingerprint density at radius 2 is 1.87 bits per heavy atom. The number of hydrogen-bond donors (Lipinski definition) is 1. The summed E-state index contributed by atoms with van der Waals surface area (Å²) >= 11 is 0. The van der Waals surface area contributed by atoms with Crippen molar-refractivity contribution in [3.8, 4) is 0 Å². The van der Waals surface area contributed by atoms with Gasteiger partial charge in [-0.3, -0.25) is 15.0 Å². The molecule has 0 bridgehead atoms. The molecule has 3 fully saturated rings. The molecule has 3 saturated heterocycles. The van der Waals surface area contributed by atoms with Crippen LogP contribution in [0.1, 0.15) is 32.1 Å². The lowest BCUT2D eigenvalue weighted by molar-refractivity contribution is -0.385. The van der Waals surface area contributed by atoms with Gasteiger partial charge in [0.1, 0.15) is 4.90 Å². The maximum absolute atomic E-state index is 13.2. The number of benzene rings is 1. The molecule has 2 atom stereocenters. The van der Waals surface area contributed by atoms with E-state index in [-0.39, 0.29) is 16.6 Å². The number of ether oxygens (including phenoxy) is 1. The van der Waals surface area contributed by atoms with Crippen molar-refractivity contribution in [2.45, 2.75) is 43.0 Å². The molecular weight excluding hydrogens is 408 g/mol. The van der Waals surface area contributed by atoms with Crippen molar-refractivity contribution in [3.05, 3.63) is 28.3 Å². The molecule has 9 nitrogen and oxygen atoms in total. The summed E-state index contributed by atoms with van der Waals surface area (Å²) in [4.78, 5) is 13.2. The molecule has 0 radical (unpaired) electrons. The summed E-state index contributed by atoms with van der Waals surface area (Å²) in [7, 11) is -3.78. The van der Waals surface area contributed by atoms with Gasteiger partial charge >= 0.3 is 0 Å². The summed E-state index contributed by atoms with van der Waals surface area (Å²) in [6, 6.07) is 4.36. The third-order valence-electron chi connectivity index (χ3n) is 6.48. The lowest BCUT2D eigenvalue weighted by Crippen LogP contribution is -2.44. The van der Waals surface area contributed by atoms with E-state index in [0.717, 1.165) is 45.6 Å². The lowest BCUT2D eigenvalue weighted by Gasteiger charge is -2.32. The second-order valence-corrected chi connectivity index (χ2v) is 10.3. The number of nitrogens with zero attached hydrogens (tertiary/aromatic N) is 3. The maximum Gasteiger partial charge on any atom is 0.270 e. The fourth-order valence-corrected chi connectivity index (χ4v) is 6.49. The summed E-state index contributed by atoms with van der Waals surface area (Å²) in [5.41, 5.74) is 0.231. The highest BCUT2D eigenvalue weighted by atomic mass is 32.2. The number of sulfonamides is 1. The number of non-ortho nitro benzene ring substituents is 1. The summed E-state index contributed by atoms with van der Waals surface area (Å²) < 4.78 is 33.5. The molecule has 166 valence electrons. The molecule has 0 aliphatic carbocycles. The zero-order valence-electron chi connectivity index (χ0n) is 17.2. The van der Waals surface area contributed by atoms with Gasteiger partial charge in [0.25, 0.3) is 5.69 Å². The molecule has 0 spiro atoms. The smallest absolute Gasteiger partial charge is 0.270 e. The molecule has 1 aromatic carbocycles. The van der Waals surface area contributed by atoms with Crippen LogP contribution in [0.5, 0.6) is 0 Å². The maximum atomic E-state index is 13.2. The molecule has 0 amide bonds. The fraction of sp³-hybridized carbons (Fsp3) is 0.700. The first-order valence-corrected chi connectivity index (χ1v) is 12.2. The fourth-order valence-electron chi connectivity index (χ4n) is 4.79. The molecule has 3 aliphatic heterocycles. The van der Waals surface area contributed by atoms with E-state index in [9.17, 15) is 18.5 Å². The molecule has 4 rings (SSSR count). The van der Waals surface area contributed by atoms with Crippen LogP contribution in [0.3, 0.4) is 0 Å². The van der Waals surface area contributed by atoms with E-state index < -0.39 is 14.9 Å². The minimum atomic E-state index is -3.78. The van der Waals surface area contributed by atoms with Crippen LogP contribution in [-0.4, -0.2) is 74.5 Å². The van der Waals surface area contributed by atoms with Crippen molar-refractivity contribution in [1.29, 1.82) is 0 Å². The molecule has 3 heterocycles. The Morgan fingerprint density at radius 3 is 2.50 bits per heavy atom. The summed E-state index contributed by atoms with van der Waals surface area (Å²) in [6.45, 7) is 5.09. The van der Waals surface area contributed by atoms with Crippen molar-refractivity contribution >= 4 is 21.4 Å². The Morgan fingerprint density at radius 1 is 1.17 bits per heavy atom. The molecule has 1 aromatic rings. The summed E-state index contributed by atoms with van der Waals surface area (Å²) in [6.07, 6.45) is 4.99. The molecule has 3 aliphatic rings. The van der Waals surface area contributed by atoms with Gasteiger partial charge in [-0.1, -0.05) is 0 Å². The number of rotatable bonds is 8. The third-order valence-corrected chi connectivity index (χ3v) is 8.42. The molecule has 1 N–H and O–H groups in total. The quantitative estimate of drug-likeness (QED) is 0.490. The number of nitro benzene ring substituents is 1. The van der Waals surface area contributed by atoms with Crippen molar-refractivity contribution in [3.63, 3.8) is 0 Å². The van der Waals surface area contributed by atoms with Gasteiger partial charge < -0.3 is 10.1 Å². The van der Waals surface area contributed by atoms with Gasteiger partial charge in [0.05, 0.1) is 17.2 Å². The largest absolute Gasteiger partial charge is 0.382 e. The van der Waals surface area contributed by atoms with Gasteiger partial charge in [-0.2, -0.15) is 4.31 Å². The van der Waals surface area contributed by atoms with E-state index in [2.05, 4.69) is 10.2 Å². The molecule has 30 heavy (non-hydrogen) atoms. The zero-order chi connectivity index (χ0) is 21.1. The van der Waals surface area contributed by atoms with Crippen molar-refractivity contribution in [1.82, 2.24) is 9.21 Å². The van der Waals surface area contributed by atoms with E-state index in [0.29, 0.717) is 31.2 Å². The number of hydrogen-bond acceptors (Lipinski definition) is 7. The first-order valence-electron chi connectivity index (χ1n) is 10.8. The summed E-state index contributed by atoms with van der Waals surface area (Å²) in [5, 5.41) is 14.6. The number of anilines is 1. The predicted octanol–water partition coefficient (Wildman–Crippen LogP) is 2.29. The molecule has 0 saturated carbocycles. The predicted molar refractivity (Wildman–Crippen MR) is 113 cm³/mol. The van der Waals surface area contributed by atoms with Gasteiger partial charge in [-0.15, -0.1) is 0 Å². The van der Waals surface area contributed by atoms with Gasteiger partial charge in [-0.05, 0) is 51.3 Å². The molecular formula is C20H30N4O5S. The third kappa shape index (κ3) is 4.46. The lowest BCUT2D eigenvalue weighted by atomic mass is 9.97. The van der Waals surface area contributed by atoms with Crippen LogP contribution in [0.4, 0.5) is 11.4 Å². The van der Waals surface area contributed by atoms with Gasteiger partial charge in [0.15, 0.2) is 0 Å². The standard InChI is InChI=1S/C20H30N4O5S/c25-24(26)17-5-6-18(20(13-17)30(27,28)23-10-3-4-11-23)21-14-19(16-7-12-29-15-16)22-8-1-2-9-22/h5-6,13,16,19,21H,1-4,7-12,14-15H2/t16-,19-/m1/s1. The second kappa shape index (κ2) is 9.17. The van der Waals surface area contributed by atoms with E-state index in [1.807, 2.05) is 0 Å². The van der Waals surface area contributed by atoms with Crippen LogP contribution in [0.25, 0.3) is 0 Å². The van der Waals surface area contributed by atoms with Crippen molar-refractivity contribution in [2.75, 3.05) is 51.3 Å². The molecule has 10 heteroatoms. The Hall–Kier alpha value is -1.75. The van der Waals surface area contributed by atoms with E-state index in [1.54, 1.807) is 0 Å². The van der Waals surface area contributed by atoms with Crippen LogP contribution < -0.4 is 5.32 Å². The highest BCUT2D eigenvalue weighted by molar-refractivity contribution is 7.89. The van der Waals surface area contributed by atoms with Crippen LogP contribution in [0.15, 0.2) is 23.1 Å². The summed E-state index contributed by atoms with van der Waals surface area (Å²) in [5.74, 6) is 0.410. The Bertz CT molecular complexity index is 844. The first kappa shape index (κ1) is 21.5. The minimum Gasteiger partial charge on any atom is -0.382 e. The normalized spacial score (nSPS) is 24.3. The van der Waals surface area contributed by atoms with E-state index in [4.69, 9.17) is 4.74 Å². The topological polar surface area (TPSA) is 105 Å². The number of likely N-dealkylation sites (tertiary alicyclic amines) is 1. The van der Waals surface area contributed by atoms with Gasteiger partial charge in [-0.25, -0.2) is 8.42 Å². The van der Waals surface area contributed by atoms with Gasteiger partial charge in [0.2, 0.25) is 10.0 Å². The van der Waals surface area contributed by atoms with Crippen LogP contribution in [-0.2, 0) is 14.8 Å². The van der Waals surface area contributed by atoms with E-state index in [1.165, 1.54) is 35.3 Å².